The van der Waals surface area contributed by atoms with Crippen LogP contribution >= 0.6 is 0 Å². The van der Waals surface area contributed by atoms with E-state index >= 15 is 0 Å². The van der Waals surface area contributed by atoms with Gasteiger partial charge in [0.05, 0.1) is 86.8 Å². The quantitative estimate of drug-likeness (QED) is 0.0497. The maximum atomic E-state index is 13.4. The van der Waals surface area contributed by atoms with E-state index in [1.54, 1.807) is 85.0 Å². The van der Waals surface area contributed by atoms with E-state index in [-0.39, 0.29) is 74.5 Å². The van der Waals surface area contributed by atoms with Gasteiger partial charge in [0.15, 0.2) is 5.78 Å². The summed E-state index contributed by atoms with van der Waals surface area (Å²) < 4.78 is 66.9. The Bertz CT molecular complexity index is 3340. The molecule has 0 unspecified atom stereocenters. The van der Waals surface area contributed by atoms with Crippen molar-refractivity contribution in [3.05, 3.63) is 142 Å². The Balaban J connectivity index is 0.669. The Kier molecular flexibility index (Phi) is 19.3. The fourth-order valence-electron chi connectivity index (χ4n) is 9.28. The molecule has 0 bridgehead atoms. The van der Waals surface area contributed by atoms with E-state index in [1.807, 2.05) is 36.6 Å². The second kappa shape index (κ2) is 26.7. The van der Waals surface area contributed by atoms with Crippen molar-refractivity contribution in [3.8, 4) is 28.5 Å². The van der Waals surface area contributed by atoms with Crippen LogP contribution in [0.1, 0.15) is 84.7 Å². The van der Waals surface area contributed by atoms with Gasteiger partial charge in [0.2, 0.25) is 11.9 Å². The van der Waals surface area contributed by atoms with E-state index < -0.39 is 34.7 Å². The largest absolute Gasteiger partial charge is 0.465 e. The lowest BCUT2D eigenvalue weighted by Gasteiger charge is -2.39. The first-order chi connectivity index (χ1) is 39.4. The molecule has 2 N–H and O–H groups in total. The molecule has 8 rings (SSSR count). The zero-order valence-electron chi connectivity index (χ0n) is 45.7. The SMILES string of the molecule is COC(=O)c1cc(C(F)(F)F)ccc1C(=O)Nc1cc(-c2ccc(C(=O)NCCOCCOCCOCCOCC(=O)N3CCN(c4ncc(-c5ccc6c(n5)N(Cc5cccnc5C#N)C(C)(C)C6=O)cn4)C[C@H]3C)cc2)cc(C)n1. The van der Waals surface area contributed by atoms with Crippen molar-refractivity contribution >= 4 is 47.1 Å². The van der Waals surface area contributed by atoms with Crippen LogP contribution in [0, 0.1) is 18.3 Å². The maximum absolute atomic E-state index is 13.4. The van der Waals surface area contributed by atoms with Crippen molar-refractivity contribution in [1.29, 1.82) is 5.26 Å². The number of fused-ring (bicyclic) bond motifs is 1. The van der Waals surface area contributed by atoms with Crippen molar-refractivity contribution in [1.82, 2.24) is 35.1 Å². The van der Waals surface area contributed by atoms with E-state index in [0.717, 1.165) is 13.2 Å². The number of Topliss-reactive ketones (excluding diaryl/α,β-unsaturated/α-hetero) is 1. The average molecular weight is 1130 g/mol. The minimum Gasteiger partial charge on any atom is -0.465 e. The molecule has 1 fully saturated rings. The Morgan fingerprint density at radius 2 is 1.49 bits per heavy atom. The molecule has 0 spiro atoms. The molecule has 6 heterocycles. The summed E-state index contributed by atoms with van der Waals surface area (Å²) in [5.41, 5.74) is 2.11. The highest BCUT2D eigenvalue weighted by Crippen LogP contribution is 2.40. The van der Waals surface area contributed by atoms with Crippen LogP contribution in [0.5, 0.6) is 0 Å². The second-order valence-electron chi connectivity index (χ2n) is 19.6. The lowest BCUT2D eigenvalue weighted by molar-refractivity contribution is -0.139. The van der Waals surface area contributed by atoms with Gasteiger partial charge in [-0.3, -0.25) is 19.2 Å². The topological polar surface area (TPSA) is 254 Å². The number of aromatic nitrogens is 5. The highest BCUT2D eigenvalue weighted by Gasteiger charge is 2.45. The fourth-order valence-corrected chi connectivity index (χ4v) is 9.28. The van der Waals surface area contributed by atoms with E-state index in [1.165, 1.54) is 0 Å². The number of carbonyl (C=O) groups excluding carboxylic acids is 5. The number of ketones is 1. The van der Waals surface area contributed by atoms with Gasteiger partial charge < -0.3 is 49.0 Å². The fraction of sp³-hybridized carbons (Fsp3) is 0.362. The standard InChI is InChI=1S/C58H60F3N11O10/c1-36-27-41(28-49(67-36)69-54(76)44-13-12-43(58(59,60)61)29-46(44)55(77)78-5)38-8-10-39(11-9-38)53(75)64-17-20-79-21-22-80-23-24-81-25-26-82-35-50(73)71-19-18-70(33-37(71)2)56-65-31-42(32-66-56)47-15-14-45-51(74)57(3,4)72(52(45)68-47)34-40-7-6-16-63-48(40)30-62/h6-16,27-29,31-32,37H,17-26,33-35H2,1-5H3,(H,64,75)(H,67,69,76)/t37-/m1/s1. The summed E-state index contributed by atoms with van der Waals surface area (Å²) >= 11 is 0. The number of hydrogen-bond acceptors (Lipinski definition) is 18. The first-order valence-electron chi connectivity index (χ1n) is 26.2. The predicted molar refractivity (Wildman–Crippen MR) is 293 cm³/mol. The molecule has 1 atom stereocenters. The molecular formula is C58H60F3N11O10. The molecule has 3 amide bonds. The Morgan fingerprint density at radius 3 is 2.16 bits per heavy atom. The summed E-state index contributed by atoms with van der Waals surface area (Å²) in [6.45, 7) is 11.3. The summed E-state index contributed by atoms with van der Waals surface area (Å²) in [5.74, 6) is -1.35. The first kappa shape index (κ1) is 59.4. The van der Waals surface area contributed by atoms with Crippen LogP contribution in [0.25, 0.3) is 22.4 Å². The molecule has 2 aliphatic heterocycles. The summed E-state index contributed by atoms with van der Waals surface area (Å²) in [4.78, 5) is 93.2. The molecule has 82 heavy (non-hydrogen) atoms. The number of halogens is 3. The Hall–Kier alpha value is -8.76. The van der Waals surface area contributed by atoms with Crippen molar-refractivity contribution in [2.75, 3.05) is 101 Å². The highest BCUT2D eigenvalue weighted by atomic mass is 19.4. The third-order valence-corrected chi connectivity index (χ3v) is 13.6. The lowest BCUT2D eigenvalue weighted by atomic mass is 9.97. The van der Waals surface area contributed by atoms with E-state index in [0.29, 0.717) is 120 Å². The van der Waals surface area contributed by atoms with Gasteiger partial charge in [-0.05, 0) is 99.5 Å². The number of rotatable bonds is 23. The zero-order chi connectivity index (χ0) is 58.6. The number of hydrogen-bond donors (Lipinski definition) is 2. The van der Waals surface area contributed by atoms with Crippen molar-refractivity contribution < 1.29 is 60.8 Å². The van der Waals surface area contributed by atoms with E-state index in [4.69, 9.17) is 23.9 Å². The smallest absolute Gasteiger partial charge is 0.416 e. The molecule has 428 valence electrons. The zero-order valence-corrected chi connectivity index (χ0v) is 45.7. The van der Waals surface area contributed by atoms with Crippen LogP contribution in [0.4, 0.5) is 30.8 Å². The molecular weight excluding hydrogens is 1070 g/mol. The number of aryl methyl sites for hydroxylation is 1. The monoisotopic (exact) mass is 1130 g/mol. The number of pyridine rings is 3. The summed E-state index contributed by atoms with van der Waals surface area (Å²) in [6, 6.07) is 21.3. The number of methoxy groups -OCH3 is 1. The van der Waals surface area contributed by atoms with Gasteiger partial charge >= 0.3 is 12.1 Å². The van der Waals surface area contributed by atoms with Gasteiger partial charge in [0.1, 0.15) is 30.0 Å². The number of piperazine rings is 1. The molecule has 0 radical (unpaired) electrons. The van der Waals surface area contributed by atoms with Crippen LogP contribution in [-0.2, 0) is 41.2 Å². The molecule has 0 saturated carbocycles. The van der Waals surface area contributed by atoms with Gasteiger partial charge in [0, 0.05) is 79.7 Å². The van der Waals surface area contributed by atoms with E-state index in [9.17, 15) is 42.4 Å². The van der Waals surface area contributed by atoms with Gasteiger partial charge in [0.25, 0.3) is 11.8 Å². The molecule has 6 aromatic rings. The minimum atomic E-state index is -4.74. The van der Waals surface area contributed by atoms with Gasteiger partial charge in [-0.15, -0.1) is 0 Å². The average Bonchev–Trinajstić information content (AvgIpc) is 2.82. The number of nitrogens with one attached hydrogen (secondary N) is 2. The Labute approximate surface area is 470 Å². The number of anilines is 3. The lowest BCUT2D eigenvalue weighted by Crippen LogP contribution is -2.55. The number of nitriles is 1. The van der Waals surface area contributed by atoms with Crippen LogP contribution in [0.15, 0.2) is 97.5 Å². The van der Waals surface area contributed by atoms with Crippen molar-refractivity contribution in [2.45, 2.75) is 52.0 Å². The predicted octanol–water partition coefficient (Wildman–Crippen LogP) is 6.75. The number of ether oxygens (including phenoxy) is 5. The summed E-state index contributed by atoms with van der Waals surface area (Å²) in [6.07, 6.45) is 0.218. The van der Waals surface area contributed by atoms with E-state index in [2.05, 4.69) is 41.4 Å². The van der Waals surface area contributed by atoms with Gasteiger partial charge in [-0.2, -0.15) is 18.4 Å². The minimum absolute atomic E-state index is 0.0615. The molecule has 21 nitrogen and oxygen atoms in total. The molecule has 0 aliphatic carbocycles. The maximum Gasteiger partial charge on any atom is 0.416 e. The van der Waals surface area contributed by atoms with Crippen LogP contribution < -0.4 is 20.4 Å². The molecule has 24 heteroatoms. The summed E-state index contributed by atoms with van der Waals surface area (Å²) in [5, 5.41) is 15.0. The van der Waals surface area contributed by atoms with Crippen molar-refractivity contribution in [3.63, 3.8) is 0 Å². The van der Waals surface area contributed by atoms with Gasteiger partial charge in [-0.1, -0.05) is 18.2 Å². The number of alkyl halides is 3. The second-order valence-corrected chi connectivity index (χ2v) is 19.6. The normalized spacial score (nSPS) is 14.7. The van der Waals surface area contributed by atoms with Crippen LogP contribution in [0.3, 0.4) is 0 Å². The highest BCUT2D eigenvalue weighted by molar-refractivity contribution is 6.13. The summed E-state index contributed by atoms with van der Waals surface area (Å²) in [7, 11) is 0.998. The number of esters is 1. The molecule has 2 aromatic carbocycles. The van der Waals surface area contributed by atoms with Crippen LogP contribution in [0.2, 0.25) is 0 Å². The number of benzene rings is 2. The molecule has 1 saturated heterocycles. The third kappa shape index (κ3) is 14.4. The molecule has 2 aliphatic rings. The molecule has 4 aromatic heterocycles. The van der Waals surface area contributed by atoms with Crippen LogP contribution in [-0.4, -0.2) is 157 Å². The number of nitrogens with zero attached hydrogens (tertiary/aromatic N) is 9. The first-order valence-corrected chi connectivity index (χ1v) is 26.2. The van der Waals surface area contributed by atoms with Gasteiger partial charge in [-0.25, -0.2) is 29.7 Å². The van der Waals surface area contributed by atoms with Crippen molar-refractivity contribution in [2.24, 2.45) is 0 Å². The third-order valence-electron chi connectivity index (χ3n) is 13.6. The number of amides is 3. The number of carbonyl (C=O) groups is 5. The Morgan fingerprint density at radius 1 is 0.793 bits per heavy atom.